The average molecular weight is 167 g/mol. The number of hydrogen-bond donors (Lipinski definition) is 0. The van der Waals surface area contributed by atoms with Gasteiger partial charge in [-0.05, 0) is 6.07 Å². The molecular formula is C9H8FO2. The van der Waals surface area contributed by atoms with Gasteiger partial charge in [0.15, 0.2) is 0 Å². The Morgan fingerprint density at radius 2 is 2.42 bits per heavy atom. The van der Waals surface area contributed by atoms with E-state index < -0.39 is 5.82 Å². The van der Waals surface area contributed by atoms with E-state index in [2.05, 4.69) is 10.8 Å². The highest BCUT2D eigenvalue weighted by molar-refractivity contribution is 5.65. The molecule has 3 heteroatoms. The highest BCUT2D eigenvalue weighted by atomic mass is 19.1. The number of ether oxygens (including phenoxy) is 1. The van der Waals surface area contributed by atoms with Gasteiger partial charge in [0.05, 0.1) is 0 Å². The Bertz CT molecular complexity index is 284. The Labute approximate surface area is 70.0 Å². The molecule has 1 rings (SSSR count). The zero-order valence-electron chi connectivity index (χ0n) is 6.63. The van der Waals surface area contributed by atoms with Crippen LogP contribution in [0.5, 0.6) is 0 Å². The third-order valence-electron chi connectivity index (χ3n) is 1.25. The molecule has 0 N–H and O–H groups in total. The quantitative estimate of drug-likeness (QED) is 0.626. The fraction of sp³-hybridized carbons (Fsp3) is 0.222. The van der Waals surface area contributed by atoms with Gasteiger partial charge in [-0.25, -0.2) is 4.39 Å². The molecule has 0 bridgehead atoms. The van der Waals surface area contributed by atoms with Gasteiger partial charge in [0.1, 0.15) is 12.4 Å². The molecule has 63 valence electrons. The summed E-state index contributed by atoms with van der Waals surface area (Å²) in [5.41, 5.74) is 0.533. The largest absolute Gasteiger partial charge is 0.461 e. The second-order valence-corrected chi connectivity index (χ2v) is 2.30. The maximum atomic E-state index is 12.5. The number of carbonyl (C=O) groups excluding carboxylic acids is 1. The van der Waals surface area contributed by atoms with Crippen LogP contribution in [0.4, 0.5) is 4.39 Å². The van der Waals surface area contributed by atoms with Crippen LogP contribution >= 0.6 is 0 Å². The van der Waals surface area contributed by atoms with Gasteiger partial charge < -0.3 is 4.74 Å². The van der Waals surface area contributed by atoms with E-state index in [9.17, 15) is 9.18 Å². The van der Waals surface area contributed by atoms with Gasteiger partial charge in [0.25, 0.3) is 0 Å². The van der Waals surface area contributed by atoms with Crippen molar-refractivity contribution in [3.63, 3.8) is 0 Å². The summed E-state index contributed by atoms with van der Waals surface area (Å²) < 4.78 is 17.1. The zero-order valence-corrected chi connectivity index (χ0v) is 6.63. The summed E-state index contributed by atoms with van der Waals surface area (Å²) in [4.78, 5) is 10.4. The highest BCUT2D eigenvalue weighted by Crippen LogP contribution is 2.03. The summed E-state index contributed by atoms with van der Waals surface area (Å²) in [6, 6.07) is 6.90. The number of halogens is 1. The van der Waals surface area contributed by atoms with Crippen LogP contribution in [0.1, 0.15) is 12.5 Å². The molecule has 0 saturated carbocycles. The van der Waals surface area contributed by atoms with Crippen molar-refractivity contribution in [2.24, 2.45) is 0 Å². The standard InChI is InChI=1S/C9H8FO2/c1-7(11)12-6-8-3-2-4-9(10)5-8/h2-4H,6H2,1H3. The molecule has 0 aliphatic heterocycles. The molecule has 2 nitrogen and oxygen atoms in total. The summed E-state index contributed by atoms with van der Waals surface area (Å²) >= 11 is 0. The van der Waals surface area contributed by atoms with Gasteiger partial charge in [0, 0.05) is 18.6 Å². The predicted octanol–water partition coefficient (Wildman–Crippen LogP) is 1.69. The molecule has 12 heavy (non-hydrogen) atoms. The lowest BCUT2D eigenvalue weighted by Gasteiger charge is -2.00. The van der Waals surface area contributed by atoms with Crippen molar-refractivity contribution >= 4 is 5.97 Å². The van der Waals surface area contributed by atoms with Crippen LogP contribution in [0, 0.1) is 11.9 Å². The first-order valence-electron chi connectivity index (χ1n) is 3.48. The van der Waals surface area contributed by atoms with Crippen LogP contribution in [0.3, 0.4) is 0 Å². The molecule has 0 amide bonds. The lowest BCUT2D eigenvalue weighted by Crippen LogP contribution is -1.98. The van der Waals surface area contributed by atoms with Crippen molar-refractivity contribution in [2.45, 2.75) is 13.5 Å². The summed E-state index contributed by atoms with van der Waals surface area (Å²) in [7, 11) is 0. The number of hydrogen-bond acceptors (Lipinski definition) is 2. The van der Waals surface area contributed by atoms with Crippen molar-refractivity contribution in [3.05, 3.63) is 35.6 Å². The number of esters is 1. The van der Waals surface area contributed by atoms with E-state index in [1.54, 1.807) is 12.1 Å². The second kappa shape index (κ2) is 3.85. The molecule has 0 heterocycles. The van der Waals surface area contributed by atoms with E-state index in [1.807, 2.05) is 0 Å². The molecule has 0 aromatic heterocycles. The lowest BCUT2D eigenvalue weighted by atomic mass is 10.2. The Morgan fingerprint density at radius 1 is 1.67 bits per heavy atom. The first kappa shape index (κ1) is 8.71. The van der Waals surface area contributed by atoms with Crippen molar-refractivity contribution in [1.82, 2.24) is 0 Å². The van der Waals surface area contributed by atoms with Crippen LogP contribution < -0.4 is 0 Å². The number of carbonyl (C=O) groups is 1. The first-order chi connectivity index (χ1) is 5.68. The summed E-state index contributed by atoms with van der Waals surface area (Å²) in [6.45, 7) is 1.38. The van der Waals surface area contributed by atoms with Crippen LogP contribution in [-0.4, -0.2) is 5.97 Å². The van der Waals surface area contributed by atoms with Gasteiger partial charge >= 0.3 is 5.97 Å². The van der Waals surface area contributed by atoms with E-state index in [-0.39, 0.29) is 12.6 Å². The molecule has 0 atom stereocenters. The van der Waals surface area contributed by atoms with Crippen molar-refractivity contribution in [3.8, 4) is 0 Å². The van der Waals surface area contributed by atoms with Gasteiger partial charge in [-0.15, -0.1) is 0 Å². The Hall–Kier alpha value is -1.38. The maximum absolute atomic E-state index is 12.5. The molecule has 0 unspecified atom stereocenters. The van der Waals surface area contributed by atoms with Crippen LogP contribution in [0.2, 0.25) is 0 Å². The van der Waals surface area contributed by atoms with Gasteiger partial charge in [-0.3, -0.25) is 4.79 Å². The van der Waals surface area contributed by atoms with Gasteiger partial charge in [0.2, 0.25) is 0 Å². The van der Waals surface area contributed by atoms with E-state index in [0.29, 0.717) is 5.56 Å². The molecule has 0 aliphatic carbocycles. The molecule has 1 aromatic carbocycles. The summed E-state index contributed by atoms with van der Waals surface area (Å²) in [5.74, 6) is -0.827. The smallest absolute Gasteiger partial charge is 0.302 e. The minimum absolute atomic E-state index is 0.0765. The third-order valence-corrected chi connectivity index (χ3v) is 1.25. The van der Waals surface area contributed by atoms with Crippen molar-refractivity contribution in [2.75, 3.05) is 0 Å². The fourth-order valence-corrected chi connectivity index (χ4v) is 0.749. The molecule has 0 spiro atoms. The average Bonchev–Trinajstić information content (AvgIpc) is 2.01. The highest BCUT2D eigenvalue weighted by Gasteiger charge is 1.97. The Morgan fingerprint density at radius 3 is 3.00 bits per heavy atom. The second-order valence-electron chi connectivity index (χ2n) is 2.30. The minimum atomic E-state index is -0.445. The van der Waals surface area contributed by atoms with Crippen LogP contribution in [-0.2, 0) is 16.1 Å². The SMILES string of the molecule is CC(=O)OCc1[c]c(F)ccc1. The van der Waals surface area contributed by atoms with E-state index in [0.717, 1.165) is 0 Å². The number of benzene rings is 1. The summed E-state index contributed by atoms with van der Waals surface area (Å²) in [6.07, 6.45) is 0. The topological polar surface area (TPSA) is 26.3 Å². The monoisotopic (exact) mass is 167 g/mol. The first-order valence-corrected chi connectivity index (χ1v) is 3.48. The minimum Gasteiger partial charge on any atom is -0.461 e. The fourth-order valence-electron chi connectivity index (χ4n) is 0.749. The Kier molecular flexibility index (Phi) is 2.80. The summed E-state index contributed by atoms with van der Waals surface area (Å²) in [5, 5.41) is 0. The van der Waals surface area contributed by atoms with Crippen LogP contribution in [0.25, 0.3) is 0 Å². The molecular weight excluding hydrogens is 159 g/mol. The maximum Gasteiger partial charge on any atom is 0.302 e. The molecule has 0 aliphatic rings. The van der Waals surface area contributed by atoms with Crippen molar-refractivity contribution < 1.29 is 13.9 Å². The van der Waals surface area contributed by atoms with Crippen LogP contribution in [0.15, 0.2) is 18.2 Å². The van der Waals surface area contributed by atoms with Crippen molar-refractivity contribution in [1.29, 1.82) is 0 Å². The molecule has 0 saturated heterocycles. The molecule has 0 fully saturated rings. The lowest BCUT2D eigenvalue weighted by molar-refractivity contribution is -0.142. The normalized spacial score (nSPS) is 9.50. The predicted molar refractivity (Wildman–Crippen MR) is 40.7 cm³/mol. The third kappa shape index (κ3) is 2.70. The molecule has 1 aromatic rings. The Balaban J connectivity index is 2.57. The zero-order chi connectivity index (χ0) is 8.97. The number of rotatable bonds is 2. The van der Waals surface area contributed by atoms with E-state index >= 15 is 0 Å². The van der Waals surface area contributed by atoms with Gasteiger partial charge in [-0.2, -0.15) is 0 Å². The van der Waals surface area contributed by atoms with Gasteiger partial charge in [-0.1, -0.05) is 12.1 Å². The van der Waals surface area contributed by atoms with E-state index in [4.69, 9.17) is 0 Å². The molecule has 1 radical (unpaired) electrons. The van der Waals surface area contributed by atoms with E-state index in [1.165, 1.54) is 13.0 Å².